The number of benzene rings is 7. The minimum Gasteiger partial charge on any atom is -0.456 e. The Labute approximate surface area is 297 Å². The molecule has 1 unspecified atom stereocenters. The van der Waals surface area contributed by atoms with Gasteiger partial charge in [0.05, 0.1) is 5.52 Å². The zero-order valence-electron chi connectivity index (χ0n) is 27.7. The molecule has 0 saturated carbocycles. The summed E-state index contributed by atoms with van der Waals surface area (Å²) in [5, 5.41) is 11.3. The van der Waals surface area contributed by atoms with Gasteiger partial charge in [-0.05, 0) is 70.4 Å². The molecule has 10 aromatic rings. The zero-order valence-corrected chi connectivity index (χ0v) is 27.7. The summed E-state index contributed by atoms with van der Waals surface area (Å²) in [6, 6.07) is 52.3. The molecule has 52 heavy (non-hydrogen) atoms. The molecule has 0 radical (unpaired) electrons. The van der Waals surface area contributed by atoms with Crippen LogP contribution in [0.2, 0.25) is 0 Å². The van der Waals surface area contributed by atoms with Gasteiger partial charge in [-0.25, -0.2) is 9.98 Å². The van der Waals surface area contributed by atoms with Crippen molar-refractivity contribution < 1.29 is 8.83 Å². The van der Waals surface area contributed by atoms with Gasteiger partial charge in [0.2, 0.25) is 0 Å². The molecule has 3 aromatic heterocycles. The van der Waals surface area contributed by atoms with E-state index in [0.717, 1.165) is 93.8 Å². The van der Waals surface area contributed by atoms with Crippen LogP contribution >= 0.6 is 0 Å². The van der Waals surface area contributed by atoms with Crippen LogP contribution in [0.4, 0.5) is 0 Å². The van der Waals surface area contributed by atoms with Gasteiger partial charge in [-0.15, -0.1) is 0 Å². The van der Waals surface area contributed by atoms with Gasteiger partial charge < -0.3 is 14.2 Å². The van der Waals surface area contributed by atoms with E-state index in [4.69, 9.17) is 18.8 Å². The number of nitrogens with one attached hydrogen (secondary N) is 1. The monoisotopic (exact) mass is 668 g/mol. The molecule has 1 atom stereocenters. The molecule has 1 N–H and O–H groups in total. The molecule has 0 bridgehead atoms. The molecule has 0 spiro atoms. The van der Waals surface area contributed by atoms with Crippen molar-refractivity contribution in [1.82, 2.24) is 10.3 Å². The second-order valence-corrected chi connectivity index (χ2v) is 13.3. The van der Waals surface area contributed by atoms with Crippen LogP contribution in [0.1, 0.15) is 22.9 Å². The fourth-order valence-electron chi connectivity index (χ4n) is 7.60. The van der Waals surface area contributed by atoms with Crippen LogP contribution in [0.3, 0.4) is 0 Å². The highest BCUT2D eigenvalue weighted by Gasteiger charge is 2.23. The molecule has 6 heteroatoms. The van der Waals surface area contributed by atoms with Crippen molar-refractivity contribution >= 4 is 77.2 Å². The molecule has 7 aromatic carbocycles. The normalized spacial score (nSPS) is 14.7. The molecule has 1 aliphatic heterocycles. The molecule has 0 saturated heterocycles. The lowest BCUT2D eigenvalue weighted by molar-refractivity contribution is 0.655. The first-order chi connectivity index (χ1) is 25.7. The fourth-order valence-corrected chi connectivity index (χ4v) is 7.60. The first-order valence-corrected chi connectivity index (χ1v) is 17.4. The van der Waals surface area contributed by atoms with Crippen molar-refractivity contribution in [3.05, 3.63) is 175 Å². The molecular weight excluding hydrogens is 641 g/mol. The van der Waals surface area contributed by atoms with Gasteiger partial charge in [-0.3, -0.25) is 4.98 Å². The molecule has 4 heterocycles. The minimum atomic E-state index is -0.391. The lowest BCUT2D eigenvalue weighted by Crippen LogP contribution is -2.33. The number of rotatable bonds is 4. The van der Waals surface area contributed by atoms with Crippen molar-refractivity contribution in [2.45, 2.75) is 6.17 Å². The number of hydrogen-bond acceptors (Lipinski definition) is 6. The third-order valence-electron chi connectivity index (χ3n) is 10.1. The highest BCUT2D eigenvalue weighted by molar-refractivity contribution is 6.17. The lowest BCUT2D eigenvalue weighted by atomic mass is 9.97. The van der Waals surface area contributed by atoms with E-state index in [1.165, 1.54) is 5.39 Å². The molecule has 11 rings (SSSR count). The summed E-state index contributed by atoms with van der Waals surface area (Å²) >= 11 is 0. The van der Waals surface area contributed by atoms with Crippen LogP contribution in [0, 0.1) is 0 Å². The Bertz CT molecular complexity index is 3130. The second-order valence-electron chi connectivity index (χ2n) is 13.3. The summed E-state index contributed by atoms with van der Waals surface area (Å²) in [6.07, 6.45) is 1.44. The molecule has 1 aliphatic rings. The molecular formula is C46H28N4O2. The molecule has 244 valence electrons. The molecule has 0 aliphatic carbocycles. The average molecular weight is 669 g/mol. The van der Waals surface area contributed by atoms with Crippen LogP contribution in [-0.2, 0) is 0 Å². The lowest BCUT2D eigenvalue weighted by Gasteiger charge is -2.24. The fraction of sp³-hybridized carbons (Fsp3) is 0.0217. The highest BCUT2D eigenvalue weighted by Crippen LogP contribution is 2.39. The van der Waals surface area contributed by atoms with Crippen molar-refractivity contribution in [3.8, 4) is 11.1 Å². The first kappa shape index (κ1) is 28.8. The highest BCUT2D eigenvalue weighted by atomic mass is 16.3. The molecule has 6 nitrogen and oxygen atoms in total. The number of pyridine rings is 1. The molecule has 0 fully saturated rings. The van der Waals surface area contributed by atoms with E-state index in [2.05, 4.69) is 132 Å². The maximum atomic E-state index is 6.39. The SMILES string of the molecule is c1cc(C2=NC(c3ccc4ccccc4c3)=NC(c3ccc4c(c3)oc3ccccc34)N2)cc(-c2cccc3oc4cc5cccnc5cc4c23)c1. The number of amidine groups is 2. The molecule has 0 amide bonds. The maximum Gasteiger partial charge on any atom is 0.159 e. The van der Waals surface area contributed by atoms with Gasteiger partial charge in [0.1, 0.15) is 34.3 Å². The number of aromatic nitrogens is 1. The Kier molecular flexibility index (Phi) is 6.21. The van der Waals surface area contributed by atoms with Crippen LogP contribution < -0.4 is 5.32 Å². The first-order valence-electron chi connectivity index (χ1n) is 17.4. The Balaban J connectivity index is 1.05. The predicted octanol–water partition coefficient (Wildman–Crippen LogP) is 11.3. The predicted molar refractivity (Wildman–Crippen MR) is 211 cm³/mol. The van der Waals surface area contributed by atoms with Crippen LogP contribution in [-0.4, -0.2) is 16.7 Å². The Morgan fingerprint density at radius 3 is 2.27 bits per heavy atom. The van der Waals surface area contributed by atoms with E-state index >= 15 is 0 Å². The number of fused-ring (bicyclic) bond motifs is 8. The minimum absolute atomic E-state index is 0.391. The van der Waals surface area contributed by atoms with Crippen molar-refractivity contribution in [3.63, 3.8) is 0 Å². The zero-order chi connectivity index (χ0) is 34.2. The largest absolute Gasteiger partial charge is 0.456 e. The van der Waals surface area contributed by atoms with Crippen molar-refractivity contribution in [2.75, 3.05) is 0 Å². The van der Waals surface area contributed by atoms with Crippen molar-refractivity contribution in [1.29, 1.82) is 0 Å². The number of furan rings is 2. The average Bonchev–Trinajstić information content (AvgIpc) is 3.77. The topological polar surface area (TPSA) is 75.9 Å². The third kappa shape index (κ3) is 4.62. The van der Waals surface area contributed by atoms with Crippen LogP contribution in [0.25, 0.3) is 76.7 Å². The number of hydrogen-bond donors (Lipinski definition) is 1. The van der Waals surface area contributed by atoms with Gasteiger partial charge in [0.15, 0.2) is 5.84 Å². The third-order valence-corrected chi connectivity index (χ3v) is 10.1. The summed E-state index contributed by atoms with van der Waals surface area (Å²) < 4.78 is 12.7. The van der Waals surface area contributed by atoms with E-state index in [9.17, 15) is 0 Å². The van der Waals surface area contributed by atoms with Gasteiger partial charge in [0.25, 0.3) is 0 Å². The number of nitrogens with zero attached hydrogens (tertiary/aromatic N) is 3. The standard InChI is InChI=1S/C46H28N4O2/c1-2-9-28-22-32(18-17-27(28)8-1)45-48-44(49-46(50-45)33-19-20-36-35-13-3-4-15-39(35)51-41(36)25-33)31-11-5-10-29(23-31)34-14-6-16-40-43(34)37-26-38-30(12-7-21-47-38)24-42(37)52-40/h1-26,46H,(H,48,49,50). The number of aliphatic imine (C=N–C) groups is 2. The summed E-state index contributed by atoms with van der Waals surface area (Å²) in [7, 11) is 0. The summed E-state index contributed by atoms with van der Waals surface area (Å²) in [4.78, 5) is 15.0. The number of para-hydroxylation sites is 1. The van der Waals surface area contributed by atoms with Crippen LogP contribution in [0.15, 0.2) is 177 Å². The van der Waals surface area contributed by atoms with E-state index in [0.29, 0.717) is 5.84 Å². The maximum absolute atomic E-state index is 6.39. The Morgan fingerprint density at radius 2 is 1.29 bits per heavy atom. The Morgan fingerprint density at radius 1 is 0.500 bits per heavy atom. The van der Waals surface area contributed by atoms with Gasteiger partial charge >= 0.3 is 0 Å². The van der Waals surface area contributed by atoms with E-state index in [-0.39, 0.29) is 0 Å². The summed E-state index contributed by atoms with van der Waals surface area (Å²) in [6.45, 7) is 0. The van der Waals surface area contributed by atoms with Gasteiger partial charge in [-0.1, -0.05) is 103 Å². The summed E-state index contributed by atoms with van der Waals surface area (Å²) in [5.41, 5.74) is 9.38. The van der Waals surface area contributed by atoms with E-state index in [1.807, 2.05) is 36.5 Å². The van der Waals surface area contributed by atoms with E-state index < -0.39 is 6.17 Å². The van der Waals surface area contributed by atoms with E-state index in [1.54, 1.807) is 0 Å². The second kappa shape index (κ2) is 11.2. The Hall–Kier alpha value is -7.05. The quantitative estimate of drug-likeness (QED) is 0.202. The van der Waals surface area contributed by atoms with Gasteiger partial charge in [0, 0.05) is 49.8 Å². The summed E-state index contributed by atoms with van der Waals surface area (Å²) in [5.74, 6) is 1.41. The van der Waals surface area contributed by atoms with Gasteiger partial charge in [-0.2, -0.15) is 0 Å². The van der Waals surface area contributed by atoms with Crippen molar-refractivity contribution in [2.24, 2.45) is 9.98 Å². The smallest absolute Gasteiger partial charge is 0.159 e. The van der Waals surface area contributed by atoms with Crippen LogP contribution in [0.5, 0.6) is 0 Å².